The summed E-state index contributed by atoms with van der Waals surface area (Å²) < 4.78 is 0. The molecular formula is H23Na5O9. The Balaban J connectivity index is 0. The summed E-state index contributed by atoms with van der Waals surface area (Å²) in [6.07, 6.45) is 0. The summed E-state index contributed by atoms with van der Waals surface area (Å²) in [5.41, 5.74) is 0. The minimum absolute atomic E-state index is 0. The predicted molar refractivity (Wildman–Crippen MR) is 68.3 cm³/mol. The summed E-state index contributed by atoms with van der Waals surface area (Å²) in [5, 5.41) is 0. The zero-order chi connectivity index (χ0) is 0. The maximum absolute atomic E-state index is 0. The molecule has 0 fully saturated rings. The number of hydrogen-bond donors (Lipinski definition) is 0. The predicted octanol–water partition coefficient (Wildman–Crippen LogP) is -10.7. The van der Waals surface area contributed by atoms with Crippen molar-refractivity contribution in [3.63, 3.8) is 0 Å². The molecule has 0 unspecified atom stereocenters. The van der Waals surface area contributed by atoms with E-state index in [0.717, 1.165) is 0 Å². The first-order valence-corrected chi connectivity index (χ1v) is 0. The first-order valence-electron chi connectivity index (χ1n) is 0. The molecule has 0 bridgehead atoms. The average Bonchev–Trinajstić information content (AvgIpc) is 0. The van der Waals surface area contributed by atoms with Crippen molar-refractivity contribution in [3.05, 3.63) is 0 Å². The van der Waals surface area contributed by atoms with E-state index in [1.807, 2.05) is 0 Å². The van der Waals surface area contributed by atoms with Crippen molar-refractivity contribution in [2.24, 2.45) is 0 Å². The van der Waals surface area contributed by atoms with Gasteiger partial charge in [-0.2, -0.15) is 0 Å². The van der Waals surface area contributed by atoms with Gasteiger partial charge in [-0.05, 0) is 0 Å². The van der Waals surface area contributed by atoms with Gasteiger partial charge in [0.25, 0.3) is 0 Å². The Hall–Kier alpha value is 4.64. The molecule has 0 amide bonds. The molecule has 0 aliphatic carbocycles. The second-order valence-corrected chi connectivity index (χ2v) is 0. The molecule has 0 aliphatic heterocycles. The zero-order valence-corrected chi connectivity index (χ0v) is 4.50. The van der Waals surface area contributed by atoms with Crippen molar-refractivity contribution in [2.45, 2.75) is 0 Å². The molecule has 0 spiro atoms. The van der Waals surface area contributed by atoms with E-state index in [4.69, 9.17) is 0 Å². The van der Waals surface area contributed by atoms with E-state index in [-0.39, 0.29) is 197 Å². The van der Waals surface area contributed by atoms with Crippen molar-refractivity contribution < 1.29 is 49.3 Å². The van der Waals surface area contributed by atoms with Gasteiger partial charge in [-0.15, -0.1) is 0 Å². The Morgan fingerprint density at radius 3 is 0.143 bits per heavy atom. The first kappa shape index (κ1) is 269. The molecule has 0 rings (SSSR count). The van der Waals surface area contributed by atoms with Crippen LogP contribution in [0.2, 0.25) is 0 Å². The molecule has 14 heteroatoms. The summed E-state index contributed by atoms with van der Waals surface area (Å²) in [6, 6.07) is 0. The molecule has 82 valence electrons. The Morgan fingerprint density at radius 2 is 0.143 bits per heavy atom. The molecule has 0 aromatic carbocycles. The van der Waals surface area contributed by atoms with E-state index in [1.54, 1.807) is 0 Å². The van der Waals surface area contributed by atoms with Crippen LogP contribution in [-0.4, -0.2) is 197 Å². The minimum atomic E-state index is 0. The fourth-order valence-electron chi connectivity index (χ4n) is 0. The van der Waals surface area contributed by atoms with E-state index in [9.17, 15) is 0 Å². The number of rotatable bonds is 0. The maximum atomic E-state index is 0. The Kier molecular flexibility index (Phi) is 4370. The fraction of sp³-hybridized carbons (Fsp3) is 0. The molecule has 0 atom stereocenters. The first-order chi connectivity index (χ1) is 0. The van der Waals surface area contributed by atoms with Gasteiger partial charge in [-0.1, -0.05) is 0 Å². The van der Waals surface area contributed by atoms with E-state index in [1.165, 1.54) is 0 Å². The molecule has 0 saturated heterocycles. The molecule has 9 nitrogen and oxygen atoms in total. The second-order valence-electron chi connectivity index (χ2n) is 0. The van der Waals surface area contributed by atoms with E-state index in [2.05, 4.69) is 0 Å². The average molecular weight is 282 g/mol. The van der Waals surface area contributed by atoms with Crippen molar-refractivity contribution in [1.82, 2.24) is 0 Å². The molecule has 0 aromatic rings. The van der Waals surface area contributed by atoms with Crippen LogP contribution in [0.1, 0.15) is 0 Å². The molecule has 0 saturated carbocycles. The van der Waals surface area contributed by atoms with Crippen LogP contribution >= 0.6 is 0 Å². The van der Waals surface area contributed by atoms with E-state index in [0.29, 0.717) is 0 Å². The monoisotopic (exact) mass is 282 g/mol. The molecule has 0 heterocycles. The molecule has 0 aromatic heterocycles. The third-order valence-electron chi connectivity index (χ3n) is 0. The standard InChI is InChI=1S/5Na.9H2O.5H/h;;;;;9*1H2;;;;;. The zero-order valence-electron chi connectivity index (χ0n) is 4.50. The van der Waals surface area contributed by atoms with E-state index >= 15 is 0 Å². The molecule has 0 radical (unpaired) electrons. The van der Waals surface area contributed by atoms with E-state index < -0.39 is 0 Å². The SMILES string of the molecule is O.O.O.O.O.O.O.O.O.[NaH].[NaH].[NaH].[NaH].[NaH]. The summed E-state index contributed by atoms with van der Waals surface area (Å²) >= 11 is 0. The van der Waals surface area contributed by atoms with Crippen LogP contribution in [0.5, 0.6) is 0 Å². The van der Waals surface area contributed by atoms with Crippen molar-refractivity contribution in [3.8, 4) is 0 Å². The van der Waals surface area contributed by atoms with Crippen LogP contribution in [0.15, 0.2) is 0 Å². The van der Waals surface area contributed by atoms with Gasteiger partial charge in [0.1, 0.15) is 0 Å². The van der Waals surface area contributed by atoms with Crippen molar-refractivity contribution >= 4 is 148 Å². The van der Waals surface area contributed by atoms with Gasteiger partial charge in [-0.25, -0.2) is 0 Å². The van der Waals surface area contributed by atoms with Gasteiger partial charge in [-0.3, -0.25) is 0 Å². The molecule has 0 aliphatic rings. The Bertz CT molecular complexity index is 13.2. The summed E-state index contributed by atoms with van der Waals surface area (Å²) in [4.78, 5) is 0. The Labute approximate surface area is 193 Å². The van der Waals surface area contributed by atoms with Gasteiger partial charge in [0, 0.05) is 0 Å². The fourth-order valence-corrected chi connectivity index (χ4v) is 0. The van der Waals surface area contributed by atoms with Gasteiger partial charge < -0.3 is 49.3 Å². The summed E-state index contributed by atoms with van der Waals surface area (Å²) in [7, 11) is 0. The van der Waals surface area contributed by atoms with Gasteiger partial charge in [0.2, 0.25) is 0 Å². The second kappa shape index (κ2) is 227. The van der Waals surface area contributed by atoms with Gasteiger partial charge >= 0.3 is 148 Å². The van der Waals surface area contributed by atoms with Crippen molar-refractivity contribution in [1.29, 1.82) is 0 Å². The molecule has 18 N–H and O–H groups in total. The normalized spacial score (nSPS) is 0. The van der Waals surface area contributed by atoms with Crippen LogP contribution in [0.4, 0.5) is 0 Å². The topological polar surface area (TPSA) is 284 Å². The van der Waals surface area contributed by atoms with Crippen LogP contribution in [0.25, 0.3) is 0 Å². The Morgan fingerprint density at radius 1 is 0.143 bits per heavy atom. The van der Waals surface area contributed by atoms with Crippen LogP contribution in [0.3, 0.4) is 0 Å². The van der Waals surface area contributed by atoms with Crippen molar-refractivity contribution in [2.75, 3.05) is 0 Å². The van der Waals surface area contributed by atoms with Crippen LogP contribution < -0.4 is 0 Å². The summed E-state index contributed by atoms with van der Waals surface area (Å²) in [6.45, 7) is 0. The van der Waals surface area contributed by atoms with Crippen LogP contribution in [0, 0.1) is 0 Å². The van der Waals surface area contributed by atoms with Gasteiger partial charge in [0.05, 0.1) is 0 Å². The third-order valence-corrected chi connectivity index (χ3v) is 0. The van der Waals surface area contributed by atoms with Gasteiger partial charge in [0.15, 0.2) is 0 Å². The number of hydrogen-bond acceptors (Lipinski definition) is 0. The molecule has 14 heavy (non-hydrogen) atoms. The molecular weight excluding hydrogens is 259 g/mol. The summed E-state index contributed by atoms with van der Waals surface area (Å²) in [5.74, 6) is 0. The quantitative estimate of drug-likeness (QED) is 0.373. The third kappa shape index (κ3) is 189. The van der Waals surface area contributed by atoms with Crippen LogP contribution in [-0.2, 0) is 0 Å².